The molecule has 2 fully saturated rings. The summed E-state index contributed by atoms with van der Waals surface area (Å²) in [6, 6.07) is 1.27. The van der Waals surface area contributed by atoms with Crippen molar-refractivity contribution in [1.82, 2.24) is 10.2 Å². The predicted octanol–water partition coefficient (Wildman–Crippen LogP) is -0.702. The van der Waals surface area contributed by atoms with E-state index in [4.69, 9.17) is 5.73 Å². The molecule has 0 radical (unpaired) electrons. The molecule has 2 heterocycles. The van der Waals surface area contributed by atoms with Gasteiger partial charge in [0.2, 0.25) is 5.91 Å². The van der Waals surface area contributed by atoms with Gasteiger partial charge in [-0.1, -0.05) is 0 Å². The van der Waals surface area contributed by atoms with Crippen LogP contribution in [0, 0.1) is 0 Å². The monoisotopic (exact) mass is 183 g/mol. The summed E-state index contributed by atoms with van der Waals surface area (Å²) < 4.78 is 0. The van der Waals surface area contributed by atoms with E-state index < -0.39 is 0 Å². The zero-order valence-corrected chi connectivity index (χ0v) is 7.83. The van der Waals surface area contributed by atoms with E-state index in [1.165, 1.54) is 12.8 Å². The van der Waals surface area contributed by atoms with Gasteiger partial charge >= 0.3 is 0 Å². The number of amides is 1. The molecule has 0 aliphatic carbocycles. The number of nitrogens with zero attached hydrogens (tertiary/aromatic N) is 1. The molecule has 13 heavy (non-hydrogen) atoms. The average molecular weight is 183 g/mol. The molecule has 2 unspecified atom stereocenters. The Morgan fingerprint density at radius 3 is 2.92 bits per heavy atom. The first-order valence-corrected chi connectivity index (χ1v) is 5.01. The van der Waals surface area contributed by atoms with Crippen molar-refractivity contribution in [2.45, 2.75) is 31.3 Å². The summed E-state index contributed by atoms with van der Waals surface area (Å²) >= 11 is 0. The number of rotatable bonds is 2. The number of hydrogen-bond donors (Lipinski definition) is 2. The molecular weight excluding hydrogens is 166 g/mol. The topological polar surface area (TPSA) is 58.4 Å². The lowest BCUT2D eigenvalue weighted by atomic mass is 10.1. The molecule has 2 rings (SSSR count). The SMILES string of the molecule is NC(=O)CN1CCC2CCC(C1)N2. The molecule has 74 valence electrons. The number of carbonyl (C=O) groups is 1. The van der Waals surface area contributed by atoms with Crippen molar-refractivity contribution in [1.29, 1.82) is 0 Å². The van der Waals surface area contributed by atoms with Gasteiger partial charge in [-0.15, -0.1) is 0 Å². The molecule has 0 aromatic heterocycles. The van der Waals surface area contributed by atoms with Crippen LogP contribution in [0.1, 0.15) is 19.3 Å². The van der Waals surface area contributed by atoms with Crippen LogP contribution in [0.4, 0.5) is 0 Å². The first-order valence-electron chi connectivity index (χ1n) is 5.01. The summed E-state index contributed by atoms with van der Waals surface area (Å²) in [4.78, 5) is 12.9. The highest BCUT2D eigenvalue weighted by Crippen LogP contribution is 2.19. The van der Waals surface area contributed by atoms with Gasteiger partial charge in [-0.05, 0) is 19.3 Å². The van der Waals surface area contributed by atoms with Crippen LogP contribution in [0.15, 0.2) is 0 Å². The molecule has 0 saturated carbocycles. The van der Waals surface area contributed by atoms with Crippen molar-refractivity contribution in [3.05, 3.63) is 0 Å². The number of hydrogen-bond acceptors (Lipinski definition) is 3. The molecule has 2 aliphatic rings. The first kappa shape index (κ1) is 8.97. The Bertz CT molecular complexity index is 207. The molecule has 0 spiro atoms. The van der Waals surface area contributed by atoms with Crippen molar-refractivity contribution in [2.24, 2.45) is 5.73 Å². The quantitative estimate of drug-likeness (QED) is 0.595. The van der Waals surface area contributed by atoms with Crippen molar-refractivity contribution in [3.63, 3.8) is 0 Å². The Hall–Kier alpha value is -0.610. The summed E-state index contributed by atoms with van der Waals surface area (Å²) in [6.45, 7) is 2.42. The maximum Gasteiger partial charge on any atom is 0.231 e. The number of primary amides is 1. The van der Waals surface area contributed by atoms with Gasteiger partial charge in [0.25, 0.3) is 0 Å². The predicted molar refractivity (Wildman–Crippen MR) is 50.2 cm³/mol. The Morgan fingerprint density at radius 2 is 2.15 bits per heavy atom. The van der Waals surface area contributed by atoms with E-state index >= 15 is 0 Å². The number of likely N-dealkylation sites (tertiary alicyclic amines) is 1. The van der Waals surface area contributed by atoms with Gasteiger partial charge in [0.1, 0.15) is 0 Å². The molecular formula is C9H17N3O. The van der Waals surface area contributed by atoms with Crippen molar-refractivity contribution in [3.8, 4) is 0 Å². The van der Waals surface area contributed by atoms with Crippen LogP contribution in [-0.2, 0) is 4.79 Å². The lowest BCUT2D eigenvalue weighted by Crippen LogP contribution is -2.39. The Kier molecular flexibility index (Phi) is 2.51. The van der Waals surface area contributed by atoms with Crippen molar-refractivity contribution in [2.75, 3.05) is 19.6 Å². The molecule has 2 aliphatic heterocycles. The standard InChI is InChI=1S/C9H17N3O/c10-9(13)6-12-4-3-7-1-2-8(5-12)11-7/h7-8,11H,1-6H2,(H2,10,13). The van der Waals surface area contributed by atoms with Crippen LogP contribution >= 0.6 is 0 Å². The van der Waals surface area contributed by atoms with Crippen molar-refractivity contribution >= 4 is 5.91 Å². The fourth-order valence-corrected chi connectivity index (χ4v) is 2.38. The molecule has 4 nitrogen and oxygen atoms in total. The summed E-state index contributed by atoms with van der Waals surface area (Å²) in [6.07, 6.45) is 3.71. The molecule has 0 aromatic carbocycles. The van der Waals surface area contributed by atoms with Crippen molar-refractivity contribution < 1.29 is 4.79 Å². The third-order valence-corrected chi connectivity index (χ3v) is 2.99. The Balaban J connectivity index is 1.89. The minimum atomic E-state index is -0.210. The van der Waals surface area contributed by atoms with Gasteiger partial charge in [-0.2, -0.15) is 0 Å². The van der Waals surface area contributed by atoms with Crippen LogP contribution in [0.25, 0.3) is 0 Å². The van der Waals surface area contributed by atoms with Gasteiger partial charge in [0.05, 0.1) is 6.54 Å². The molecule has 4 heteroatoms. The van der Waals surface area contributed by atoms with E-state index in [2.05, 4.69) is 10.2 Å². The van der Waals surface area contributed by atoms with Crippen LogP contribution in [0.3, 0.4) is 0 Å². The second-order valence-corrected chi connectivity index (χ2v) is 4.13. The summed E-state index contributed by atoms with van der Waals surface area (Å²) in [5.74, 6) is -0.210. The highest BCUT2D eigenvalue weighted by molar-refractivity contribution is 5.75. The minimum Gasteiger partial charge on any atom is -0.369 e. The summed E-state index contributed by atoms with van der Waals surface area (Å²) in [7, 11) is 0. The van der Waals surface area contributed by atoms with E-state index in [0.717, 1.165) is 19.5 Å². The molecule has 3 N–H and O–H groups in total. The molecule has 2 atom stereocenters. The first-order chi connectivity index (χ1) is 6.24. The zero-order chi connectivity index (χ0) is 9.26. The highest BCUT2D eigenvalue weighted by atomic mass is 16.1. The van der Waals surface area contributed by atoms with Crippen LogP contribution < -0.4 is 11.1 Å². The van der Waals surface area contributed by atoms with Gasteiger partial charge in [0.15, 0.2) is 0 Å². The van der Waals surface area contributed by atoms with E-state index in [9.17, 15) is 4.79 Å². The number of fused-ring (bicyclic) bond motifs is 2. The van der Waals surface area contributed by atoms with Crippen LogP contribution in [0.5, 0.6) is 0 Å². The lowest BCUT2D eigenvalue weighted by molar-refractivity contribution is -0.119. The van der Waals surface area contributed by atoms with E-state index in [-0.39, 0.29) is 5.91 Å². The average Bonchev–Trinajstić information content (AvgIpc) is 2.36. The molecule has 2 bridgehead atoms. The third-order valence-electron chi connectivity index (χ3n) is 2.99. The highest BCUT2D eigenvalue weighted by Gasteiger charge is 2.29. The number of nitrogens with two attached hydrogens (primary N) is 1. The fourth-order valence-electron chi connectivity index (χ4n) is 2.38. The van der Waals surface area contributed by atoms with Gasteiger partial charge in [-0.25, -0.2) is 0 Å². The number of nitrogens with one attached hydrogen (secondary N) is 1. The van der Waals surface area contributed by atoms with Gasteiger partial charge in [-0.3, -0.25) is 9.69 Å². The molecule has 0 aromatic rings. The molecule has 2 saturated heterocycles. The van der Waals surface area contributed by atoms with Gasteiger partial charge in [0, 0.05) is 25.2 Å². The van der Waals surface area contributed by atoms with Crippen LogP contribution in [-0.4, -0.2) is 42.5 Å². The summed E-state index contributed by atoms with van der Waals surface area (Å²) in [5.41, 5.74) is 5.17. The zero-order valence-electron chi connectivity index (χ0n) is 7.83. The Labute approximate surface area is 78.5 Å². The number of carbonyl (C=O) groups excluding carboxylic acids is 1. The second kappa shape index (κ2) is 3.64. The molecule has 1 amide bonds. The van der Waals surface area contributed by atoms with Gasteiger partial charge < -0.3 is 11.1 Å². The second-order valence-electron chi connectivity index (χ2n) is 4.13. The van der Waals surface area contributed by atoms with E-state index in [1.54, 1.807) is 0 Å². The smallest absolute Gasteiger partial charge is 0.231 e. The third kappa shape index (κ3) is 2.19. The lowest BCUT2D eigenvalue weighted by Gasteiger charge is -2.21. The minimum absolute atomic E-state index is 0.210. The maximum atomic E-state index is 10.7. The van der Waals surface area contributed by atoms with E-state index in [0.29, 0.717) is 18.6 Å². The van der Waals surface area contributed by atoms with Crippen LogP contribution in [0.2, 0.25) is 0 Å². The Morgan fingerprint density at radius 1 is 1.38 bits per heavy atom. The maximum absolute atomic E-state index is 10.7. The normalized spacial score (nSPS) is 34.5. The van der Waals surface area contributed by atoms with E-state index in [1.807, 2.05) is 0 Å². The largest absolute Gasteiger partial charge is 0.369 e. The summed E-state index contributed by atoms with van der Waals surface area (Å²) in [5, 5.41) is 3.56. The fraction of sp³-hybridized carbons (Fsp3) is 0.889.